The van der Waals surface area contributed by atoms with Crippen LogP contribution in [0.25, 0.3) is 0 Å². The maximum absolute atomic E-state index is 12.6. The Kier molecular flexibility index (Phi) is 6.45. The van der Waals surface area contributed by atoms with Crippen molar-refractivity contribution < 1.29 is 4.79 Å². The highest BCUT2D eigenvalue weighted by Crippen LogP contribution is 2.21. The molecule has 0 unspecified atom stereocenters. The number of carbonyl (C=O) groups is 1. The Hall–Kier alpha value is -1.98. The van der Waals surface area contributed by atoms with Crippen molar-refractivity contribution >= 4 is 34.5 Å². The normalized spacial score (nSPS) is 16.7. The lowest BCUT2D eigenvalue weighted by Crippen LogP contribution is -2.52. The number of benzene rings is 1. The molecule has 1 aliphatic heterocycles. The molecule has 1 saturated heterocycles. The van der Waals surface area contributed by atoms with Gasteiger partial charge in [0.25, 0.3) is 0 Å². The zero-order valence-corrected chi connectivity index (χ0v) is 17.0. The van der Waals surface area contributed by atoms with Crippen LogP contribution in [-0.2, 0) is 11.3 Å². The highest BCUT2D eigenvalue weighted by Gasteiger charge is 2.26. The Morgan fingerprint density at radius 1 is 1.41 bits per heavy atom. The van der Waals surface area contributed by atoms with E-state index in [4.69, 9.17) is 16.9 Å². The fourth-order valence-electron chi connectivity index (χ4n) is 3.11. The quantitative estimate of drug-likeness (QED) is 0.830. The number of amides is 1. The number of carbonyl (C=O) groups excluding carboxylic acids is 1. The molecule has 0 radical (unpaired) electrons. The van der Waals surface area contributed by atoms with Gasteiger partial charge in [0.05, 0.1) is 27.3 Å². The van der Waals surface area contributed by atoms with Crippen LogP contribution in [0, 0.1) is 18.3 Å². The minimum Gasteiger partial charge on any atom is -0.325 e. The number of nitriles is 1. The molecule has 1 atom stereocenters. The Labute approximate surface area is 168 Å². The number of nitrogens with zero attached hydrogens (tertiary/aromatic N) is 4. The van der Waals surface area contributed by atoms with Gasteiger partial charge < -0.3 is 5.32 Å². The van der Waals surface area contributed by atoms with E-state index >= 15 is 0 Å². The SMILES string of the molecule is Cc1nc(CN2CCN([C@@H](C)C(=O)Nc3ccc(C#N)c(Cl)c3)CC2)cs1. The van der Waals surface area contributed by atoms with Crippen LogP contribution in [0.3, 0.4) is 0 Å². The van der Waals surface area contributed by atoms with Crippen molar-refractivity contribution in [2.24, 2.45) is 0 Å². The summed E-state index contributed by atoms with van der Waals surface area (Å²) in [7, 11) is 0. The third-order valence-electron chi connectivity index (χ3n) is 4.74. The number of thiazole rings is 1. The van der Waals surface area contributed by atoms with Crippen molar-refractivity contribution in [1.29, 1.82) is 5.26 Å². The van der Waals surface area contributed by atoms with Crippen LogP contribution in [0.1, 0.15) is 23.2 Å². The Morgan fingerprint density at radius 2 is 2.15 bits per heavy atom. The zero-order chi connectivity index (χ0) is 19.4. The summed E-state index contributed by atoms with van der Waals surface area (Å²) in [4.78, 5) is 21.6. The third kappa shape index (κ3) is 5.05. The van der Waals surface area contributed by atoms with Crippen LogP contribution in [0.15, 0.2) is 23.6 Å². The van der Waals surface area contributed by atoms with E-state index in [1.165, 1.54) is 0 Å². The zero-order valence-electron chi connectivity index (χ0n) is 15.4. The van der Waals surface area contributed by atoms with E-state index in [-0.39, 0.29) is 11.9 Å². The van der Waals surface area contributed by atoms with Gasteiger partial charge in [0.15, 0.2) is 0 Å². The first-order valence-corrected chi connectivity index (χ1v) is 10.1. The Morgan fingerprint density at radius 3 is 2.74 bits per heavy atom. The summed E-state index contributed by atoms with van der Waals surface area (Å²) in [6, 6.07) is 6.70. The van der Waals surface area contributed by atoms with Crippen LogP contribution in [0.4, 0.5) is 5.69 Å². The van der Waals surface area contributed by atoms with Crippen LogP contribution >= 0.6 is 22.9 Å². The molecule has 27 heavy (non-hydrogen) atoms. The first kappa shape index (κ1) is 19.8. The number of halogens is 1. The second-order valence-electron chi connectivity index (χ2n) is 6.64. The molecule has 1 aromatic heterocycles. The average molecular weight is 404 g/mol. The topological polar surface area (TPSA) is 72.3 Å². The minimum atomic E-state index is -0.233. The van der Waals surface area contributed by atoms with Crippen molar-refractivity contribution in [2.75, 3.05) is 31.5 Å². The van der Waals surface area contributed by atoms with E-state index < -0.39 is 0 Å². The highest BCUT2D eigenvalue weighted by molar-refractivity contribution is 7.09. The molecule has 1 N–H and O–H groups in total. The Bertz CT molecular complexity index is 854. The highest BCUT2D eigenvalue weighted by atomic mass is 35.5. The van der Waals surface area contributed by atoms with Crippen molar-refractivity contribution in [2.45, 2.75) is 26.4 Å². The molecule has 0 spiro atoms. The van der Waals surface area contributed by atoms with Gasteiger partial charge >= 0.3 is 0 Å². The molecule has 0 aliphatic carbocycles. The van der Waals surface area contributed by atoms with Gasteiger partial charge in [-0.2, -0.15) is 5.26 Å². The molecule has 0 bridgehead atoms. The fourth-order valence-corrected chi connectivity index (χ4v) is 3.94. The smallest absolute Gasteiger partial charge is 0.241 e. The molecule has 2 heterocycles. The lowest BCUT2D eigenvalue weighted by atomic mass is 10.2. The van der Waals surface area contributed by atoms with Gasteiger partial charge in [-0.15, -0.1) is 11.3 Å². The van der Waals surface area contributed by atoms with Crippen LogP contribution in [-0.4, -0.2) is 52.9 Å². The Balaban J connectivity index is 1.51. The van der Waals surface area contributed by atoms with Crippen molar-refractivity contribution in [3.8, 4) is 6.07 Å². The second-order valence-corrected chi connectivity index (χ2v) is 8.11. The van der Waals surface area contributed by atoms with Crippen molar-refractivity contribution in [3.63, 3.8) is 0 Å². The van der Waals surface area contributed by atoms with E-state index in [9.17, 15) is 4.79 Å². The summed E-state index contributed by atoms with van der Waals surface area (Å²) < 4.78 is 0. The second kappa shape index (κ2) is 8.81. The number of hydrogen-bond acceptors (Lipinski definition) is 6. The molecule has 142 valence electrons. The summed E-state index contributed by atoms with van der Waals surface area (Å²) in [5.74, 6) is -0.0700. The maximum atomic E-state index is 12.6. The summed E-state index contributed by atoms with van der Waals surface area (Å²) in [5, 5.41) is 15.4. The molecule has 1 aromatic carbocycles. The number of hydrogen-bond donors (Lipinski definition) is 1. The predicted octanol–water partition coefficient (Wildman–Crippen LogP) is 3.12. The predicted molar refractivity (Wildman–Crippen MR) is 108 cm³/mol. The van der Waals surface area contributed by atoms with Gasteiger partial charge in [-0.3, -0.25) is 14.6 Å². The maximum Gasteiger partial charge on any atom is 0.241 e. The summed E-state index contributed by atoms with van der Waals surface area (Å²) in [6.07, 6.45) is 0. The number of piperazine rings is 1. The molecule has 3 rings (SSSR count). The van der Waals surface area contributed by atoms with Gasteiger partial charge in [-0.25, -0.2) is 4.98 Å². The third-order valence-corrected chi connectivity index (χ3v) is 5.88. The molecule has 1 amide bonds. The van der Waals surface area contributed by atoms with E-state index in [1.54, 1.807) is 29.5 Å². The number of aryl methyl sites for hydroxylation is 1. The van der Waals surface area contributed by atoms with Crippen molar-refractivity contribution in [3.05, 3.63) is 44.9 Å². The average Bonchev–Trinajstić information content (AvgIpc) is 3.06. The first-order valence-electron chi connectivity index (χ1n) is 8.84. The molecular formula is C19H22ClN5OS. The van der Waals surface area contributed by atoms with Gasteiger partial charge in [-0.1, -0.05) is 11.6 Å². The summed E-state index contributed by atoms with van der Waals surface area (Å²) in [5.41, 5.74) is 2.12. The van der Waals surface area contributed by atoms with E-state index in [1.807, 2.05) is 19.9 Å². The lowest BCUT2D eigenvalue weighted by molar-refractivity contribution is -0.121. The molecule has 8 heteroatoms. The van der Waals surface area contributed by atoms with Gasteiger partial charge in [0.2, 0.25) is 5.91 Å². The number of aromatic nitrogens is 1. The number of anilines is 1. The lowest BCUT2D eigenvalue weighted by Gasteiger charge is -2.37. The number of rotatable bonds is 5. The summed E-state index contributed by atoms with van der Waals surface area (Å²) in [6.45, 7) is 8.31. The molecule has 6 nitrogen and oxygen atoms in total. The summed E-state index contributed by atoms with van der Waals surface area (Å²) >= 11 is 7.71. The van der Waals surface area contributed by atoms with E-state index in [0.717, 1.165) is 43.4 Å². The largest absolute Gasteiger partial charge is 0.325 e. The van der Waals surface area contributed by atoms with E-state index in [2.05, 4.69) is 25.5 Å². The molecule has 0 saturated carbocycles. The molecule has 1 fully saturated rings. The standard InChI is InChI=1S/C19H22ClN5OS/c1-13(19(26)23-16-4-3-15(10-21)18(20)9-16)25-7-5-24(6-8-25)11-17-12-27-14(2)22-17/h3-4,9,12-13H,5-8,11H2,1-2H3,(H,23,26)/t13-/m0/s1. The fraction of sp³-hybridized carbons (Fsp3) is 0.421. The molecule has 2 aromatic rings. The van der Waals surface area contributed by atoms with E-state index in [0.29, 0.717) is 16.3 Å². The minimum absolute atomic E-state index is 0.0700. The van der Waals surface area contributed by atoms with Crippen LogP contribution in [0.2, 0.25) is 5.02 Å². The van der Waals surface area contributed by atoms with Gasteiger partial charge in [-0.05, 0) is 32.0 Å². The monoisotopic (exact) mass is 403 g/mol. The number of nitrogens with one attached hydrogen (secondary N) is 1. The molecular weight excluding hydrogens is 382 g/mol. The van der Waals surface area contributed by atoms with Crippen molar-refractivity contribution in [1.82, 2.24) is 14.8 Å². The van der Waals surface area contributed by atoms with Gasteiger partial charge in [0.1, 0.15) is 6.07 Å². The van der Waals surface area contributed by atoms with Crippen LogP contribution in [0.5, 0.6) is 0 Å². The molecule has 1 aliphatic rings. The first-order chi connectivity index (χ1) is 13.0. The van der Waals surface area contributed by atoms with Gasteiger partial charge in [0, 0.05) is 43.8 Å². The van der Waals surface area contributed by atoms with Crippen LogP contribution < -0.4 is 5.32 Å².